The molecule has 0 amide bonds. The zero-order valence-electron chi connectivity index (χ0n) is 24.4. The second kappa shape index (κ2) is 12.9. The van der Waals surface area contributed by atoms with Gasteiger partial charge in [0, 0.05) is 48.3 Å². The van der Waals surface area contributed by atoms with Gasteiger partial charge >= 0.3 is 0 Å². The van der Waals surface area contributed by atoms with Crippen molar-refractivity contribution in [3.8, 4) is 6.07 Å². The van der Waals surface area contributed by atoms with Gasteiger partial charge in [0.1, 0.15) is 17.7 Å². The summed E-state index contributed by atoms with van der Waals surface area (Å²) in [5, 5.41) is 19.2. The number of pyridine rings is 1. The van der Waals surface area contributed by atoms with Crippen molar-refractivity contribution in [1.82, 2.24) is 25.3 Å². The minimum absolute atomic E-state index is 0.0380. The maximum atomic E-state index is 13.9. The average molecular weight is 686 g/mol. The quantitative estimate of drug-likeness (QED) is 0.172. The molecule has 0 aliphatic carbocycles. The zero-order valence-corrected chi connectivity index (χ0v) is 26.7. The summed E-state index contributed by atoms with van der Waals surface area (Å²) in [6.45, 7) is 0.832. The number of hydrazine groups is 2. The van der Waals surface area contributed by atoms with Crippen molar-refractivity contribution in [1.29, 1.82) is 5.26 Å². The second-order valence-electron chi connectivity index (χ2n) is 11.0. The summed E-state index contributed by atoms with van der Waals surface area (Å²) < 4.78 is 53.2. The first kappa shape index (κ1) is 31.8. The number of piperidine rings is 1. The molecule has 4 N–H and O–H groups in total. The monoisotopic (exact) mass is 684 g/mol. The summed E-state index contributed by atoms with van der Waals surface area (Å²) in [6.07, 6.45) is 5.79. The van der Waals surface area contributed by atoms with Gasteiger partial charge in [-0.1, -0.05) is 35.3 Å². The molecule has 2 aliphatic rings. The van der Waals surface area contributed by atoms with Gasteiger partial charge in [-0.2, -0.15) is 5.26 Å². The van der Waals surface area contributed by atoms with Crippen LogP contribution in [0.5, 0.6) is 0 Å². The number of hydrogen-bond donors (Lipinski definition) is 4. The number of nitrogens with zero attached hydrogens (tertiary/aromatic N) is 4. The molecule has 1 aromatic heterocycles. The molecule has 2 aliphatic heterocycles. The number of hydrogen-bond acceptors (Lipinski definition) is 9. The smallest absolute Gasteiger partial charge is 0.211 e. The molecule has 1 unspecified atom stereocenters. The van der Waals surface area contributed by atoms with Gasteiger partial charge in [0.05, 0.1) is 44.8 Å². The molecule has 1 fully saturated rings. The fraction of sp³-hybridized carbons (Fsp3) is 0.226. The molecule has 6 rings (SSSR count). The van der Waals surface area contributed by atoms with E-state index in [2.05, 4.69) is 32.6 Å². The molecule has 1 saturated heterocycles. The molecule has 0 spiro atoms. The molecule has 46 heavy (non-hydrogen) atoms. The molecule has 15 heteroatoms. The van der Waals surface area contributed by atoms with Crippen LogP contribution in [0.4, 0.5) is 25.8 Å². The third-order valence-electron chi connectivity index (χ3n) is 7.95. The summed E-state index contributed by atoms with van der Waals surface area (Å²) in [5.74, 6) is -0.954. The van der Waals surface area contributed by atoms with Gasteiger partial charge in [0.2, 0.25) is 10.0 Å². The van der Waals surface area contributed by atoms with Crippen molar-refractivity contribution in [2.75, 3.05) is 30.0 Å². The lowest BCUT2D eigenvalue weighted by molar-refractivity contribution is 0.140. The van der Waals surface area contributed by atoms with Crippen LogP contribution in [-0.4, -0.2) is 48.1 Å². The number of nitriles is 1. The van der Waals surface area contributed by atoms with Crippen LogP contribution in [0.2, 0.25) is 10.0 Å². The first-order valence-corrected chi connectivity index (χ1v) is 16.8. The number of nitrogens with one attached hydrogen (secondary N) is 4. The lowest BCUT2D eigenvalue weighted by atomic mass is 10.0. The van der Waals surface area contributed by atoms with E-state index < -0.39 is 21.9 Å². The van der Waals surface area contributed by atoms with E-state index in [1.807, 2.05) is 11.2 Å². The van der Waals surface area contributed by atoms with E-state index in [0.717, 1.165) is 11.3 Å². The number of sulfonamides is 1. The zero-order chi connectivity index (χ0) is 32.6. The number of aromatic nitrogens is 1. The molecular weight excluding hydrogens is 657 g/mol. The van der Waals surface area contributed by atoms with Gasteiger partial charge in [-0.05, 0) is 60.9 Å². The second-order valence-corrected chi connectivity index (χ2v) is 13.8. The molecule has 238 valence electrons. The maximum Gasteiger partial charge on any atom is 0.211 e. The first-order valence-electron chi connectivity index (χ1n) is 14.2. The molecule has 3 aromatic carbocycles. The van der Waals surface area contributed by atoms with E-state index in [1.165, 1.54) is 47.1 Å². The van der Waals surface area contributed by atoms with E-state index in [0.29, 0.717) is 58.9 Å². The van der Waals surface area contributed by atoms with E-state index in [9.17, 15) is 22.5 Å². The van der Waals surface area contributed by atoms with Crippen molar-refractivity contribution < 1.29 is 17.2 Å². The SMILES string of the molecule is CS(=O)(=O)N1CCC(N2C=C(C(Nc3cc(Cl)c4ncc(C#N)c(Nc5ccc(F)c(Cl)c5)c4c3)c3ccc(F)cc3)NN2)CC1. The van der Waals surface area contributed by atoms with Crippen molar-refractivity contribution in [3.63, 3.8) is 0 Å². The van der Waals surface area contributed by atoms with Crippen molar-refractivity contribution in [2.45, 2.75) is 24.9 Å². The van der Waals surface area contributed by atoms with Gasteiger partial charge < -0.3 is 16.1 Å². The number of anilines is 3. The van der Waals surface area contributed by atoms with Crippen molar-refractivity contribution >= 4 is 61.2 Å². The average Bonchev–Trinajstić information content (AvgIpc) is 3.52. The van der Waals surface area contributed by atoms with Crippen LogP contribution in [0.15, 0.2) is 72.7 Å². The summed E-state index contributed by atoms with van der Waals surface area (Å²) in [6, 6.07) is 15.4. The van der Waals surface area contributed by atoms with Crippen LogP contribution in [-0.2, 0) is 10.0 Å². The summed E-state index contributed by atoms with van der Waals surface area (Å²) in [5.41, 5.74) is 9.96. The molecule has 10 nitrogen and oxygen atoms in total. The lowest BCUT2D eigenvalue weighted by Crippen LogP contribution is -2.49. The third kappa shape index (κ3) is 6.67. The van der Waals surface area contributed by atoms with E-state index in [1.54, 1.807) is 24.3 Å². The van der Waals surface area contributed by atoms with E-state index >= 15 is 0 Å². The molecule has 0 radical (unpaired) electrons. The Kier molecular flexibility index (Phi) is 8.91. The molecule has 1 atom stereocenters. The molecule has 4 aromatic rings. The highest BCUT2D eigenvalue weighted by Crippen LogP contribution is 2.37. The molecule has 0 saturated carbocycles. The number of fused-ring (bicyclic) bond motifs is 1. The predicted molar refractivity (Wildman–Crippen MR) is 175 cm³/mol. The van der Waals surface area contributed by atoms with Gasteiger partial charge in [-0.3, -0.25) is 9.99 Å². The number of halogens is 4. The minimum atomic E-state index is -3.26. The lowest BCUT2D eigenvalue weighted by Gasteiger charge is -2.34. The third-order valence-corrected chi connectivity index (χ3v) is 9.83. The van der Waals surface area contributed by atoms with Crippen LogP contribution in [0, 0.1) is 23.0 Å². The summed E-state index contributed by atoms with van der Waals surface area (Å²) in [4.78, 5) is 4.40. The Morgan fingerprint density at radius 2 is 1.76 bits per heavy atom. The fourth-order valence-corrected chi connectivity index (χ4v) is 6.90. The van der Waals surface area contributed by atoms with Crippen LogP contribution < -0.4 is 21.6 Å². The standard InChI is InChI=1S/C31H28Cl2F2N8O2S/c1-46(44,45)42-10-8-23(9-11-42)43-17-28(40-41-43)30(18-2-4-20(34)5-3-18)39-22-12-24-29(38-21-6-7-27(35)25(32)13-21)19(15-36)16-37-31(24)26(33)14-22/h2-7,12-14,16-17,23,30,39-41H,8-11H2,1H3,(H,37,38). The van der Waals surface area contributed by atoms with Crippen LogP contribution in [0.25, 0.3) is 10.9 Å². The number of benzene rings is 3. The topological polar surface area (TPSA) is 125 Å². The van der Waals surface area contributed by atoms with Crippen LogP contribution in [0.3, 0.4) is 0 Å². The van der Waals surface area contributed by atoms with Gasteiger partial charge in [-0.25, -0.2) is 21.5 Å². The molecule has 3 heterocycles. The predicted octanol–water partition coefficient (Wildman–Crippen LogP) is 6.18. The maximum absolute atomic E-state index is 13.9. The molecular formula is C31H28Cl2F2N8O2S. The summed E-state index contributed by atoms with van der Waals surface area (Å²) in [7, 11) is -3.26. The highest BCUT2D eigenvalue weighted by atomic mass is 35.5. The van der Waals surface area contributed by atoms with Gasteiger partial charge in [-0.15, -0.1) is 5.53 Å². The van der Waals surface area contributed by atoms with E-state index in [-0.39, 0.29) is 22.4 Å². The highest BCUT2D eigenvalue weighted by molar-refractivity contribution is 7.88. The van der Waals surface area contributed by atoms with Crippen molar-refractivity contribution in [2.24, 2.45) is 0 Å². The Morgan fingerprint density at radius 3 is 2.43 bits per heavy atom. The largest absolute Gasteiger partial charge is 0.373 e. The summed E-state index contributed by atoms with van der Waals surface area (Å²) >= 11 is 12.7. The Hall–Kier alpha value is -4.19. The van der Waals surface area contributed by atoms with Crippen LogP contribution in [0.1, 0.15) is 30.0 Å². The molecule has 0 bridgehead atoms. The van der Waals surface area contributed by atoms with Crippen LogP contribution >= 0.6 is 23.2 Å². The highest BCUT2D eigenvalue weighted by Gasteiger charge is 2.31. The fourth-order valence-electron chi connectivity index (χ4n) is 5.58. The van der Waals surface area contributed by atoms with Gasteiger partial charge in [0.15, 0.2) is 0 Å². The Morgan fingerprint density at radius 1 is 1.04 bits per heavy atom. The first-order chi connectivity index (χ1) is 22.0. The number of rotatable bonds is 8. The minimum Gasteiger partial charge on any atom is -0.373 e. The Bertz CT molecular complexity index is 1980. The van der Waals surface area contributed by atoms with E-state index in [4.69, 9.17) is 23.2 Å². The van der Waals surface area contributed by atoms with Gasteiger partial charge in [0.25, 0.3) is 0 Å². The normalized spacial score (nSPS) is 16.5. The Balaban J connectivity index is 1.34. The Labute approximate surface area is 274 Å². The van der Waals surface area contributed by atoms with Crippen molar-refractivity contribution in [3.05, 3.63) is 105 Å².